The van der Waals surface area contributed by atoms with Gasteiger partial charge >= 0.3 is 0 Å². The summed E-state index contributed by atoms with van der Waals surface area (Å²) < 4.78 is 0. The molecule has 1 atom stereocenters. The molecule has 1 N–H and O–H groups in total. The molecule has 2 aromatic carbocycles. The van der Waals surface area contributed by atoms with Gasteiger partial charge in [0.05, 0.1) is 0 Å². The summed E-state index contributed by atoms with van der Waals surface area (Å²) in [7, 11) is 2.22. The van der Waals surface area contributed by atoms with Crippen molar-refractivity contribution in [2.24, 2.45) is 5.92 Å². The van der Waals surface area contributed by atoms with Crippen LogP contribution in [0.25, 0.3) is 11.8 Å². The fraction of sp³-hybridized carbons (Fsp3) is 0.333. The lowest BCUT2D eigenvalue weighted by Crippen LogP contribution is -2.29. The zero-order valence-corrected chi connectivity index (χ0v) is 13.8. The van der Waals surface area contributed by atoms with Crippen LogP contribution in [0.15, 0.2) is 48.5 Å². The van der Waals surface area contributed by atoms with E-state index in [1.54, 1.807) is 5.57 Å². The van der Waals surface area contributed by atoms with Crippen LogP contribution in [0.3, 0.4) is 0 Å². The van der Waals surface area contributed by atoms with Gasteiger partial charge in [-0.15, -0.1) is 0 Å². The second-order valence-corrected chi connectivity index (χ2v) is 6.88. The Kier molecular flexibility index (Phi) is 3.92. The van der Waals surface area contributed by atoms with Gasteiger partial charge in [0.2, 0.25) is 0 Å². The highest BCUT2D eigenvalue weighted by molar-refractivity contribution is 5.55. The zero-order valence-electron chi connectivity index (χ0n) is 13.8. The molecular weight excluding hydrogens is 280 g/mol. The van der Waals surface area contributed by atoms with Crippen molar-refractivity contribution >= 4 is 11.8 Å². The number of hydrogen-bond donors (Lipinski definition) is 1. The molecule has 118 valence electrons. The first-order valence-corrected chi connectivity index (χ1v) is 8.58. The first-order chi connectivity index (χ1) is 11.3. The maximum Gasteiger partial charge on any atom is 0.0220 e. The molecule has 2 heterocycles. The molecule has 2 aliphatic heterocycles. The highest BCUT2D eigenvalue weighted by Gasteiger charge is 2.26. The molecule has 2 aromatic rings. The lowest BCUT2D eigenvalue weighted by molar-refractivity contribution is 0.394. The fourth-order valence-electron chi connectivity index (χ4n) is 3.89. The van der Waals surface area contributed by atoms with Gasteiger partial charge in [-0.3, -0.25) is 0 Å². The molecule has 1 saturated heterocycles. The minimum Gasteiger partial charge on any atom is -0.390 e. The van der Waals surface area contributed by atoms with E-state index in [0.29, 0.717) is 5.92 Å². The Balaban J connectivity index is 1.64. The molecule has 0 radical (unpaired) electrons. The van der Waals surface area contributed by atoms with Crippen molar-refractivity contribution in [3.63, 3.8) is 0 Å². The molecule has 2 aliphatic rings. The standard InChI is InChI=1S/C21H24N2/c1-23-14-19-13-22-12-18-11-17(9-10-20(18)21(19)15-23)8-7-16-5-3-2-4-6-16/h2-6,9-12,19,22H,7-8,13-15H2,1H3. The van der Waals surface area contributed by atoms with E-state index in [1.807, 2.05) is 0 Å². The van der Waals surface area contributed by atoms with Crippen LogP contribution in [-0.4, -0.2) is 31.6 Å². The molecular formula is C21H24N2. The summed E-state index contributed by atoms with van der Waals surface area (Å²) in [6.07, 6.45) is 4.42. The summed E-state index contributed by atoms with van der Waals surface area (Å²) in [5.41, 5.74) is 4.45. The lowest BCUT2D eigenvalue weighted by Gasteiger charge is -2.09. The number of aryl methyl sites for hydroxylation is 2. The average molecular weight is 304 g/mol. The van der Waals surface area contributed by atoms with E-state index in [2.05, 4.69) is 72.0 Å². The van der Waals surface area contributed by atoms with Crippen LogP contribution in [-0.2, 0) is 12.8 Å². The summed E-state index contributed by atoms with van der Waals surface area (Å²) in [6, 6.07) is 17.8. The van der Waals surface area contributed by atoms with Gasteiger partial charge in [-0.05, 0) is 53.1 Å². The van der Waals surface area contributed by atoms with Gasteiger partial charge in [0.25, 0.3) is 0 Å². The molecule has 0 amide bonds. The normalized spacial score (nSPS) is 20.2. The minimum absolute atomic E-state index is 0.660. The first kappa shape index (κ1) is 14.5. The third-order valence-electron chi connectivity index (χ3n) is 5.09. The SMILES string of the molecule is CN1CC2=c3ccc(CCc4ccccc4)cc3=CNCC2C1. The van der Waals surface area contributed by atoms with Crippen molar-refractivity contribution in [1.29, 1.82) is 0 Å². The van der Waals surface area contributed by atoms with Crippen molar-refractivity contribution in [3.8, 4) is 0 Å². The molecule has 2 nitrogen and oxygen atoms in total. The predicted molar refractivity (Wildman–Crippen MR) is 96.4 cm³/mol. The van der Waals surface area contributed by atoms with Crippen molar-refractivity contribution in [3.05, 3.63) is 70.1 Å². The maximum absolute atomic E-state index is 3.52. The Morgan fingerprint density at radius 1 is 1.04 bits per heavy atom. The van der Waals surface area contributed by atoms with Gasteiger partial charge in [0.15, 0.2) is 0 Å². The molecule has 0 aromatic heterocycles. The molecule has 1 fully saturated rings. The first-order valence-electron chi connectivity index (χ1n) is 8.58. The quantitative estimate of drug-likeness (QED) is 0.925. The number of rotatable bonds is 3. The Bertz CT molecular complexity index is 807. The van der Waals surface area contributed by atoms with E-state index >= 15 is 0 Å². The van der Waals surface area contributed by atoms with Crippen LogP contribution >= 0.6 is 0 Å². The second-order valence-electron chi connectivity index (χ2n) is 6.88. The molecule has 0 aliphatic carbocycles. The van der Waals surface area contributed by atoms with E-state index < -0.39 is 0 Å². The topological polar surface area (TPSA) is 15.3 Å². The van der Waals surface area contributed by atoms with E-state index in [9.17, 15) is 0 Å². The van der Waals surface area contributed by atoms with Gasteiger partial charge in [-0.1, -0.05) is 42.5 Å². The Labute approximate surface area is 138 Å². The number of nitrogens with one attached hydrogen (secondary N) is 1. The van der Waals surface area contributed by atoms with Crippen molar-refractivity contribution in [2.45, 2.75) is 12.8 Å². The van der Waals surface area contributed by atoms with Crippen LogP contribution in [0.1, 0.15) is 11.1 Å². The van der Waals surface area contributed by atoms with E-state index in [1.165, 1.54) is 28.1 Å². The van der Waals surface area contributed by atoms with Gasteiger partial charge < -0.3 is 10.2 Å². The summed E-state index contributed by atoms with van der Waals surface area (Å²) in [4.78, 5) is 2.43. The van der Waals surface area contributed by atoms with Crippen LogP contribution in [0, 0.1) is 5.92 Å². The molecule has 0 bridgehead atoms. The largest absolute Gasteiger partial charge is 0.390 e. The van der Waals surface area contributed by atoms with Crippen molar-refractivity contribution in [1.82, 2.24) is 10.2 Å². The Morgan fingerprint density at radius 2 is 1.87 bits per heavy atom. The Morgan fingerprint density at radius 3 is 2.74 bits per heavy atom. The van der Waals surface area contributed by atoms with E-state index in [-0.39, 0.29) is 0 Å². The fourth-order valence-corrected chi connectivity index (χ4v) is 3.89. The van der Waals surface area contributed by atoms with Crippen LogP contribution in [0.2, 0.25) is 0 Å². The highest BCUT2D eigenvalue weighted by atomic mass is 15.1. The summed E-state index contributed by atoms with van der Waals surface area (Å²) >= 11 is 0. The smallest absolute Gasteiger partial charge is 0.0220 e. The average Bonchev–Trinajstić information content (AvgIpc) is 2.86. The molecule has 2 heteroatoms. The number of hydrogen-bond acceptors (Lipinski definition) is 2. The van der Waals surface area contributed by atoms with Gasteiger partial charge in [-0.25, -0.2) is 0 Å². The zero-order chi connectivity index (χ0) is 15.6. The van der Waals surface area contributed by atoms with E-state index in [4.69, 9.17) is 0 Å². The van der Waals surface area contributed by atoms with Gasteiger partial charge in [0.1, 0.15) is 0 Å². The summed E-state index contributed by atoms with van der Waals surface area (Å²) in [5.74, 6) is 0.660. The number of nitrogens with zero attached hydrogens (tertiary/aromatic N) is 1. The van der Waals surface area contributed by atoms with Gasteiger partial charge in [-0.2, -0.15) is 0 Å². The third-order valence-corrected chi connectivity index (χ3v) is 5.09. The monoisotopic (exact) mass is 304 g/mol. The lowest BCUT2D eigenvalue weighted by atomic mass is 9.98. The second kappa shape index (κ2) is 6.21. The highest BCUT2D eigenvalue weighted by Crippen LogP contribution is 2.21. The summed E-state index contributed by atoms with van der Waals surface area (Å²) in [5, 5.41) is 6.34. The molecule has 1 unspecified atom stereocenters. The Hall–Kier alpha value is -2.06. The molecule has 4 rings (SSSR count). The van der Waals surface area contributed by atoms with Crippen molar-refractivity contribution in [2.75, 3.05) is 26.7 Å². The maximum atomic E-state index is 3.52. The number of fused-ring (bicyclic) bond motifs is 2. The summed E-state index contributed by atoms with van der Waals surface area (Å²) in [6.45, 7) is 3.34. The van der Waals surface area contributed by atoms with Crippen molar-refractivity contribution < 1.29 is 0 Å². The minimum atomic E-state index is 0.660. The van der Waals surface area contributed by atoms with Gasteiger partial charge in [0, 0.05) is 31.8 Å². The van der Waals surface area contributed by atoms with Crippen LogP contribution in [0.4, 0.5) is 0 Å². The molecule has 0 spiro atoms. The number of benzene rings is 2. The van der Waals surface area contributed by atoms with E-state index in [0.717, 1.165) is 25.9 Å². The van der Waals surface area contributed by atoms with Crippen LogP contribution in [0.5, 0.6) is 0 Å². The van der Waals surface area contributed by atoms with Crippen LogP contribution < -0.4 is 15.8 Å². The third kappa shape index (κ3) is 3.04. The number of likely N-dealkylation sites (tertiary alicyclic amines) is 1. The predicted octanol–water partition coefficient (Wildman–Crippen LogP) is 1.53. The molecule has 0 saturated carbocycles. The molecule has 23 heavy (non-hydrogen) atoms.